The van der Waals surface area contributed by atoms with E-state index in [0.29, 0.717) is 6.42 Å². The summed E-state index contributed by atoms with van der Waals surface area (Å²) in [5.41, 5.74) is -0.828. The maximum atomic E-state index is 10.6. The molecule has 0 rings (SSSR count). The fourth-order valence-corrected chi connectivity index (χ4v) is 0.980. The van der Waals surface area contributed by atoms with Crippen LogP contribution in [-0.4, -0.2) is 16.5 Å². The maximum Gasteiger partial charge on any atom is 0.152 e. The standard InChI is InChI=1S/C10H18O2/c1-5-10(12,8(2)3)7-6-9(4)11/h6-8,12H,5H2,1-4H3. The molecule has 1 atom stereocenters. The molecule has 0 radical (unpaired) electrons. The second-order valence-corrected chi connectivity index (χ2v) is 3.44. The Hall–Kier alpha value is -0.630. The lowest BCUT2D eigenvalue weighted by Gasteiger charge is -2.27. The number of ketones is 1. The van der Waals surface area contributed by atoms with E-state index in [9.17, 15) is 9.90 Å². The first-order chi connectivity index (χ1) is 5.42. The Bertz CT molecular complexity index is 182. The summed E-state index contributed by atoms with van der Waals surface area (Å²) in [6.45, 7) is 7.26. The van der Waals surface area contributed by atoms with Crippen molar-refractivity contribution in [3.63, 3.8) is 0 Å². The van der Waals surface area contributed by atoms with E-state index in [1.54, 1.807) is 6.08 Å². The summed E-state index contributed by atoms with van der Waals surface area (Å²) in [6, 6.07) is 0. The van der Waals surface area contributed by atoms with Gasteiger partial charge >= 0.3 is 0 Å². The summed E-state index contributed by atoms with van der Waals surface area (Å²) >= 11 is 0. The highest BCUT2D eigenvalue weighted by Gasteiger charge is 2.25. The summed E-state index contributed by atoms with van der Waals surface area (Å²) in [5.74, 6) is 0.112. The molecular weight excluding hydrogens is 152 g/mol. The van der Waals surface area contributed by atoms with E-state index in [1.807, 2.05) is 20.8 Å². The third-order valence-corrected chi connectivity index (χ3v) is 2.17. The third kappa shape index (κ3) is 3.18. The number of hydrogen-bond acceptors (Lipinski definition) is 2. The fraction of sp³-hybridized carbons (Fsp3) is 0.700. The van der Waals surface area contributed by atoms with Gasteiger partial charge in [0.25, 0.3) is 0 Å². The van der Waals surface area contributed by atoms with Gasteiger partial charge in [-0.3, -0.25) is 4.79 Å². The van der Waals surface area contributed by atoms with Gasteiger partial charge in [0.15, 0.2) is 5.78 Å². The molecule has 0 spiro atoms. The smallest absolute Gasteiger partial charge is 0.152 e. The summed E-state index contributed by atoms with van der Waals surface area (Å²) < 4.78 is 0. The number of hydrogen-bond donors (Lipinski definition) is 1. The second-order valence-electron chi connectivity index (χ2n) is 3.44. The molecule has 0 bridgehead atoms. The Morgan fingerprint density at radius 2 is 2.08 bits per heavy atom. The Kier molecular flexibility index (Phi) is 4.18. The minimum absolute atomic E-state index is 0.0254. The molecule has 2 heteroatoms. The van der Waals surface area contributed by atoms with Gasteiger partial charge in [-0.25, -0.2) is 0 Å². The highest BCUT2D eigenvalue weighted by molar-refractivity contribution is 5.87. The highest BCUT2D eigenvalue weighted by atomic mass is 16.3. The molecule has 1 N–H and O–H groups in total. The van der Waals surface area contributed by atoms with Crippen molar-refractivity contribution in [1.29, 1.82) is 0 Å². The molecular formula is C10H18O2. The molecule has 0 aromatic heterocycles. The molecule has 70 valence electrons. The maximum absolute atomic E-state index is 10.6. The van der Waals surface area contributed by atoms with Crippen LogP contribution in [0.5, 0.6) is 0 Å². The minimum Gasteiger partial charge on any atom is -0.386 e. The summed E-state index contributed by atoms with van der Waals surface area (Å²) in [5, 5.41) is 9.91. The normalized spacial score (nSPS) is 16.8. The van der Waals surface area contributed by atoms with Crippen LogP contribution < -0.4 is 0 Å². The fourth-order valence-electron chi connectivity index (χ4n) is 0.980. The van der Waals surface area contributed by atoms with E-state index in [0.717, 1.165) is 0 Å². The Morgan fingerprint density at radius 1 is 1.58 bits per heavy atom. The first-order valence-electron chi connectivity index (χ1n) is 4.34. The number of carbonyl (C=O) groups is 1. The van der Waals surface area contributed by atoms with Gasteiger partial charge < -0.3 is 5.11 Å². The molecule has 0 saturated carbocycles. The molecule has 12 heavy (non-hydrogen) atoms. The van der Waals surface area contributed by atoms with Gasteiger partial charge in [0, 0.05) is 0 Å². The van der Waals surface area contributed by atoms with Crippen molar-refractivity contribution in [2.45, 2.75) is 39.7 Å². The van der Waals surface area contributed by atoms with Crippen molar-refractivity contribution in [2.75, 3.05) is 0 Å². The lowest BCUT2D eigenvalue weighted by Crippen LogP contribution is -2.31. The molecule has 0 amide bonds. The third-order valence-electron chi connectivity index (χ3n) is 2.17. The second kappa shape index (κ2) is 4.41. The molecule has 0 aliphatic rings. The van der Waals surface area contributed by atoms with Crippen LogP contribution >= 0.6 is 0 Å². The Balaban J connectivity index is 4.44. The Labute approximate surface area is 74.3 Å². The van der Waals surface area contributed by atoms with Crippen molar-refractivity contribution in [2.24, 2.45) is 5.92 Å². The van der Waals surface area contributed by atoms with E-state index in [4.69, 9.17) is 0 Å². The molecule has 0 saturated heterocycles. The highest BCUT2D eigenvalue weighted by Crippen LogP contribution is 2.22. The van der Waals surface area contributed by atoms with Gasteiger partial charge in [-0.2, -0.15) is 0 Å². The first kappa shape index (κ1) is 11.4. The minimum atomic E-state index is -0.828. The van der Waals surface area contributed by atoms with Crippen LogP contribution in [0.4, 0.5) is 0 Å². The van der Waals surface area contributed by atoms with Crippen molar-refractivity contribution in [3.8, 4) is 0 Å². The van der Waals surface area contributed by atoms with Crippen molar-refractivity contribution < 1.29 is 9.90 Å². The first-order valence-corrected chi connectivity index (χ1v) is 4.34. The molecule has 0 aliphatic heterocycles. The number of aliphatic hydroxyl groups is 1. The van der Waals surface area contributed by atoms with Gasteiger partial charge in [-0.1, -0.05) is 20.8 Å². The van der Waals surface area contributed by atoms with Crippen molar-refractivity contribution in [3.05, 3.63) is 12.2 Å². The molecule has 1 unspecified atom stereocenters. The average molecular weight is 170 g/mol. The van der Waals surface area contributed by atoms with Crippen LogP contribution in [0.15, 0.2) is 12.2 Å². The summed E-state index contributed by atoms with van der Waals surface area (Å²) in [7, 11) is 0. The zero-order chi connectivity index (χ0) is 9.78. The molecule has 0 aliphatic carbocycles. The van der Waals surface area contributed by atoms with Crippen LogP contribution in [0.25, 0.3) is 0 Å². The summed E-state index contributed by atoms with van der Waals surface area (Å²) in [4.78, 5) is 10.6. The Morgan fingerprint density at radius 3 is 2.33 bits per heavy atom. The van der Waals surface area contributed by atoms with Gasteiger partial charge in [0.2, 0.25) is 0 Å². The van der Waals surface area contributed by atoms with Gasteiger partial charge in [0.05, 0.1) is 5.60 Å². The van der Waals surface area contributed by atoms with E-state index >= 15 is 0 Å². The van der Waals surface area contributed by atoms with Crippen LogP contribution in [0.3, 0.4) is 0 Å². The van der Waals surface area contributed by atoms with Gasteiger partial charge in [-0.15, -0.1) is 0 Å². The zero-order valence-electron chi connectivity index (χ0n) is 8.29. The van der Waals surface area contributed by atoms with Crippen molar-refractivity contribution in [1.82, 2.24) is 0 Å². The monoisotopic (exact) mass is 170 g/mol. The summed E-state index contributed by atoms with van der Waals surface area (Å²) in [6.07, 6.45) is 3.66. The van der Waals surface area contributed by atoms with Crippen LogP contribution in [0.2, 0.25) is 0 Å². The van der Waals surface area contributed by atoms with E-state index in [2.05, 4.69) is 0 Å². The predicted molar refractivity (Wildman–Crippen MR) is 49.9 cm³/mol. The van der Waals surface area contributed by atoms with E-state index in [-0.39, 0.29) is 11.7 Å². The molecule has 0 fully saturated rings. The van der Waals surface area contributed by atoms with Crippen LogP contribution in [-0.2, 0) is 4.79 Å². The number of carbonyl (C=O) groups excluding carboxylic acids is 1. The lowest BCUT2D eigenvalue weighted by molar-refractivity contribution is -0.112. The topological polar surface area (TPSA) is 37.3 Å². The van der Waals surface area contributed by atoms with Crippen molar-refractivity contribution >= 4 is 5.78 Å². The average Bonchev–Trinajstić information content (AvgIpc) is 1.99. The number of rotatable bonds is 4. The van der Waals surface area contributed by atoms with Crippen LogP contribution in [0, 0.1) is 5.92 Å². The molecule has 0 heterocycles. The van der Waals surface area contributed by atoms with E-state index in [1.165, 1.54) is 13.0 Å². The lowest BCUT2D eigenvalue weighted by atomic mass is 9.87. The van der Waals surface area contributed by atoms with Gasteiger partial charge in [-0.05, 0) is 31.4 Å². The zero-order valence-corrected chi connectivity index (χ0v) is 8.29. The number of allylic oxidation sites excluding steroid dienone is 1. The largest absolute Gasteiger partial charge is 0.386 e. The predicted octanol–water partition coefficient (Wildman–Crippen LogP) is 1.93. The SMILES string of the molecule is CCC(O)(C=CC(C)=O)C(C)C. The molecule has 0 aromatic rings. The molecule has 0 aromatic carbocycles. The molecule has 2 nitrogen and oxygen atoms in total. The van der Waals surface area contributed by atoms with E-state index < -0.39 is 5.60 Å². The quantitative estimate of drug-likeness (QED) is 0.654. The van der Waals surface area contributed by atoms with Gasteiger partial charge in [0.1, 0.15) is 0 Å². The van der Waals surface area contributed by atoms with Crippen LogP contribution in [0.1, 0.15) is 34.1 Å².